The second kappa shape index (κ2) is 6.59. The minimum Gasteiger partial charge on any atom is -0.329 e. The van der Waals surface area contributed by atoms with Gasteiger partial charge in [-0.2, -0.15) is 0 Å². The minimum absolute atomic E-state index is 0.329. The topological polar surface area (TPSA) is 29.3 Å². The Labute approximate surface area is 127 Å². The fourth-order valence-corrected chi connectivity index (χ4v) is 3.71. The zero-order valence-electron chi connectivity index (χ0n) is 13.0. The van der Waals surface area contributed by atoms with Crippen LogP contribution in [0.3, 0.4) is 0 Å². The van der Waals surface area contributed by atoms with Gasteiger partial charge in [0.2, 0.25) is 0 Å². The van der Waals surface area contributed by atoms with Gasteiger partial charge in [0.1, 0.15) is 0 Å². The van der Waals surface area contributed by atoms with E-state index in [0.29, 0.717) is 12.6 Å². The SMILES string of the molecule is CN(CC1CCCC1)C(CN)c1ccc2ccccc2c1. The van der Waals surface area contributed by atoms with Crippen LogP contribution in [0.4, 0.5) is 0 Å². The number of fused-ring (bicyclic) bond motifs is 1. The molecule has 2 heteroatoms. The molecule has 2 N–H and O–H groups in total. The van der Waals surface area contributed by atoms with Crippen LogP contribution in [0.1, 0.15) is 37.3 Å². The molecule has 0 bridgehead atoms. The molecule has 0 radical (unpaired) electrons. The molecule has 1 fully saturated rings. The molecular formula is C19H26N2. The fourth-order valence-electron chi connectivity index (χ4n) is 3.71. The lowest BCUT2D eigenvalue weighted by molar-refractivity contribution is 0.212. The summed E-state index contributed by atoms with van der Waals surface area (Å²) in [6.45, 7) is 1.86. The van der Waals surface area contributed by atoms with Gasteiger partial charge >= 0.3 is 0 Å². The van der Waals surface area contributed by atoms with Gasteiger partial charge in [-0.15, -0.1) is 0 Å². The molecule has 2 nitrogen and oxygen atoms in total. The monoisotopic (exact) mass is 282 g/mol. The van der Waals surface area contributed by atoms with Gasteiger partial charge in [0, 0.05) is 19.1 Å². The maximum absolute atomic E-state index is 6.08. The Balaban J connectivity index is 1.79. The summed E-state index contributed by atoms with van der Waals surface area (Å²) in [6.07, 6.45) is 5.59. The lowest BCUT2D eigenvalue weighted by atomic mass is 9.99. The third kappa shape index (κ3) is 3.28. The molecule has 0 amide bonds. The van der Waals surface area contributed by atoms with Gasteiger partial charge in [0.25, 0.3) is 0 Å². The van der Waals surface area contributed by atoms with Crippen molar-refractivity contribution in [2.45, 2.75) is 31.7 Å². The summed E-state index contributed by atoms with van der Waals surface area (Å²) in [5.41, 5.74) is 7.43. The molecule has 0 heterocycles. The van der Waals surface area contributed by atoms with Gasteiger partial charge in [0.15, 0.2) is 0 Å². The van der Waals surface area contributed by atoms with Crippen LogP contribution in [-0.4, -0.2) is 25.0 Å². The summed E-state index contributed by atoms with van der Waals surface area (Å²) in [6, 6.07) is 15.6. The van der Waals surface area contributed by atoms with Gasteiger partial charge in [-0.3, -0.25) is 4.90 Å². The van der Waals surface area contributed by atoms with E-state index in [0.717, 1.165) is 5.92 Å². The number of benzene rings is 2. The molecule has 0 spiro atoms. The van der Waals surface area contributed by atoms with Crippen LogP contribution < -0.4 is 5.73 Å². The van der Waals surface area contributed by atoms with Crippen molar-refractivity contribution in [3.63, 3.8) is 0 Å². The van der Waals surface area contributed by atoms with E-state index in [1.165, 1.54) is 48.6 Å². The molecule has 2 aromatic rings. The van der Waals surface area contributed by atoms with Crippen molar-refractivity contribution in [3.05, 3.63) is 48.0 Å². The summed E-state index contributed by atoms with van der Waals surface area (Å²) in [7, 11) is 2.23. The zero-order chi connectivity index (χ0) is 14.7. The first kappa shape index (κ1) is 14.6. The largest absolute Gasteiger partial charge is 0.329 e. The zero-order valence-corrected chi connectivity index (χ0v) is 13.0. The van der Waals surface area contributed by atoms with Crippen molar-refractivity contribution in [3.8, 4) is 0 Å². The third-order valence-corrected chi connectivity index (χ3v) is 4.93. The van der Waals surface area contributed by atoms with Crippen molar-refractivity contribution in [1.29, 1.82) is 0 Å². The highest BCUT2D eigenvalue weighted by Crippen LogP contribution is 2.29. The van der Waals surface area contributed by atoms with E-state index in [9.17, 15) is 0 Å². The average molecular weight is 282 g/mol. The van der Waals surface area contributed by atoms with Gasteiger partial charge in [-0.1, -0.05) is 49.2 Å². The van der Waals surface area contributed by atoms with E-state index in [4.69, 9.17) is 5.73 Å². The van der Waals surface area contributed by atoms with Crippen LogP contribution in [0.25, 0.3) is 10.8 Å². The molecule has 3 rings (SSSR count). The first-order chi connectivity index (χ1) is 10.3. The normalized spacial score (nSPS) is 17.7. The Morgan fingerprint density at radius 3 is 2.52 bits per heavy atom. The molecular weight excluding hydrogens is 256 g/mol. The van der Waals surface area contributed by atoms with E-state index in [1.807, 2.05) is 0 Å². The van der Waals surface area contributed by atoms with E-state index >= 15 is 0 Å². The lowest BCUT2D eigenvalue weighted by Gasteiger charge is -2.30. The molecule has 112 valence electrons. The van der Waals surface area contributed by atoms with Gasteiger partial charge < -0.3 is 5.73 Å². The maximum Gasteiger partial charge on any atom is 0.0467 e. The van der Waals surface area contributed by atoms with Crippen LogP contribution in [0.5, 0.6) is 0 Å². The first-order valence-corrected chi connectivity index (χ1v) is 8.17. The number of hydrogen-bond donors (Lipinski definition) is 1. The summed E-state index contributed by atoms with van der Waals surface area (Å²) in [4.78, 5) is 2.46. The predicted molar refractivity (Wildman–Crippen MR) is 90.3 cm³/mol. The Kier molecular flexibility index (Phi) is 4.57. The van der Waals surface area contributed by atoms with Crippen LogP contribution >= 0.6 is 0 Å². The van der Waals surface area contributed by atoms with Crippen molar-refractivity contribution >= 4 is 10.8 Å². The number of rotatable bonds is 5. The highest BCUT2D eigenvalue weighted by atomic mass is 15.1. The molecule has 1 unspecified atom stereocenters. The van der Waals surface area contributed by atoms with Crippen LogP contribution in [-0.2, 0) is 0 Å². The second-order valence-corrected chi connectivity index (χ2v) is 6.45. The highest BCUT2D eigenvalue weighted by molar-refractivity contribution is 5.83. The van der Waals surface area contributed by atoms with Crippen molar-refractivity contribution in [1.82, 2.24) is 4.90 Å². The fraction of sp³-hybridized carbons (Fsp3) is 0.474. The average Bonchev–Trinajstić information content (AvgIpc) is 3.01. The van der Waals surface area contributed by atoms with Crippen LogP contribution in [0, 0.1) is 5.92 Å². The van der Waals surface area contributed by atoms with E-state index < -0.39 is 0 Å². The third-order valence-electron chi connectivity index (χ3n) is 4.93. The predicted octanol–water partition coefficient (Wildman–Crippen LogP) is 3.96. The molecule has 1 aliphatic rings. The molecule has 0 saturated heterocycles. The molecule has 0 aliphatic heterocycles. The molecule has 1 atom stereocenters. The number of likely N-dealkylation sites (N-methyl/N-ethyl adjacent to an activating group) is 1. The van der Waals surface area contributed by atoms with E-state index in [2.05, 4.69) is 54.4 Å². The van der Waals surface area contributed by atoms with Crippen molar-refractivity contribution in [2.75, 3.05) is 20.1 Å². The van der Waals surface area contributed by atoms with Crippen LogP contribution in [0.15, 0.2) is 42.5 Å². The Morgan fingerprint density at radius 2 is 1.81 bits per heavy atom. The standard InChI is InChI=1S/C19H26N2/c1-21(14-15-6-2-3-7-15)19(13-20)18-11-10-16-8-4-5-9-17(16)12-18/h4-5,8-12,15,19H,2-3,6-7,13-14,20H2,1H3. The highest BCUT2D eigenvalue weighted by Gasteiger charge is 2.21. The summed E-state index contributed by atoms with van der Waals surface area (Å²) < 4.78 is 0. The molecule has 1 saturated carbocycles. The second-order valence-electron chi connectivity index (χ2n) is 6.45. The quantitative estimate of drug-likeness (QED) is 0.899. The van der Waals surface area contributed by atoms with Crippen molar-refractivity contribution < 1.29 is 0 Å². The van der Waals surface area contributed by atoms with E-state index in [-0.39, 0.29) is 0 Å². The number of hydrogen-bond acceptors (Lipinski definition) is 2. The van der Waals surface area contributed by atoms with Gasteiger partial charge in [-0.05, 0) is 48.2 Å². The summed E-state index contributed by atoms with van der Waals surface area (Å²) >= 11 is 0. The molecule has 0 aromatic heterocycles. The smallest absolute Gasteiger partial charge is 0.0467 e. The molecule has 2 aromatic carbocycles. The van der Waals surface area contributed by atoms with E-state index in [1.54, 1.807) is 0 Å². The molecule has 21 heavy (non-hydrogen) atoms. The van der Waals surface area contributed by atoms with Crippen LogP contribution in [0.2, 0.25) is 0 Å². The minimum atomic E-state index is 0.329. The Bertz CT molecular complexity index is 587. The lowest BCUT2D eigenvalue weighted by Crippen LogP contribution is -2.33. The Morgan fingerprint density at radius 1 is 1.10 bits per heavy atom. The summed E-state index contributed by atoms with van der Waals surface area (Å²) in [5.74, 6) is 0.865. The number of nitrogens with two attached hydrogens (primary N) is 1. The number of nitrogens with zero attached hydrogens (tertiary/aromatic N) is 1. The van der Waals surface area contributed by atoms with Crippen molar-refractivity contribution in [2.24, 2.45) is 11.7 Å². The maximum atomic E-state index is 6.08. The molecule has 1 aliphatic carbocycles. The first-order valence-electron chi connectivity index (χ1n) is 8.17. The van der Waals surface area contributed by atoms with Gasteiger partial charge in [0.05, 0.1) is 0 Å². The van der Waals surface area contributed by atoms with Gasteiger partial charge in [-0.25, -0.2) is 0 Å². The summed E-state index contributed by atoms with van der Waals surface area (Å²) in [5, 5.41) is 2.61. The Hall–Kier alpha value is -1.38.